The number of amides is 1. The Morgan fingerprint density at radius 3 is 2.74 bits per heavy atom. The van der Waals surface area contributed by atoms with Crippen molar-refractivity contribution in [2.45, 2.75) is 25.7 Å². The summed E-state index contributed by atoms with van der Waals surface area (Å²) in [6, 6.07) is 4.63. The molecule has 0 radical (unpaired) electrons. The lowest BCUT2D eigenvalue weighted by molar-refractivity contribution is 0.0877. The van der Waals surface area contributed by atoms with Gasteiger partial charge in [-0.15, -0.1) is 0 Å². The molecule has 1 aromatic carbocycles. The molecule has 1 aromatic rings. The number of rotatable bonds is 4. The van der Waals surface area contributed by atoms with Crippen LogP contribution in [0.25, 0.3) is 0 Å². The summed E-state index contributed by atoms with van der Waals surface area (Å²) in [6.07, 6.45) is 3.96. The lowest BCUT2D eigenvalue weighted by atomic mass is 9.87. The van der Waals surface area contributed by atoms with E-state index in [2.05, 4.69) is 21.2 Å². The van der Waals surface area contributed by atoms with Crippen LogP contribution in [0.4, 0.5) is 4.39 Å². The molecule has 0 aliphatic heterocycles. The second-order valence-electron chi connectivity index (χ2n) is 5.15. The molecular weight excluding hydrogens is 313 g/mol. The van der Waals surface area contributed by atoms with Crippen molar-refractivity contribution < 1.29 is 14.3 Å². The Hall–Kier alpha value is -0.940. The molecule has 0 unspecified atom stereocenters. The first-order valence-electron chi connectivity index (χ1n) is 6.41. The number of carbonyl (C=O) groups excluding carboxylic acids is 1. The van der Waals surface area contributed by atoms with Gasteiger partial charge in [0.25, 0.3) is 5.91 Å². The highest BCUT2D eigenvalue weighted by molar-refractivity contribution is 9.10. The van der Waals surface area contributed by atoms with Gasteiger partial charge in [0.05, 0.1) is 16.6 Å². The third-order valence-electron chi connectivity index (χ3n) is 3.82. The van der Waals surface area contributed by atoms with Gasteiger partial charge in [-0.25, -0.2) is 4.39 Å². The molecule has 0 bridgehead atoms. The summed E-state index contributed by atoms with van der Waals surface area (Å²) >= 11 is 3.06. The number of aliphatic hydroxyl groups is 1. The molecule has 1 saturated carbocycles. The third kappa shape index (κ3) is 3.15. The van der Waals surface area contributed by atoms with Crippen molar-refractivity contribution in [2.24, 2.45) is 5.41 Å². The molecule has 0 spiro atoms. The Bertz CT molecular complexity index is 473. The predicted molar refractivity (Wildman–Crippen MR) is 74.4 cm³/mol. The summed E-state index contributed by atoms with van der Waals surface area (Å²) in [6.45, 7) is 0.461. The average Bonchev–Trinajstić information content (AvgIpc) is 2.89. The fourth-order valence-electron chi connectivity index (χ4n) is 2.56. The summed E-state index contributed by atoms with van der Waals surface area (Å²) < 4.78 is 14.0. The molecule has 1 amide bonds. The van der Waals surface area contributed by atoms with Crippen LogP contribution in [0.3, 0.4) is 0 Å². The summed E-state index contributed by atoms with van der Waals surface area (Å²) in [5, 5.41) is 12.2. The van der Waals surface area contributed by atoms with Crippen molar-refractivity contribution in [1.82, 2.24) is 5.32 Å². The SMILES string of the molecule is O=C(NCC1(CO)CCCC1)c1cccc(Br)c1F. The summed E-state index contributed by atoms with van der Waals surface area (Å²) in [7, 11) is 0. The van der Waals surface area contributed by atoms with Crippen molar-refractivity contribution in [2.75, 3.05) is 13.2 Å². The van der Waals surface area contributed by atoms with Crippen LogP contribution in [-0.2, 0) is 0 Å². The molecule has 0 atom stereocenters. The number of hydrogen-bond acceptors (Lipinski definition) is 2. The van der Waals surface area contributed by atoms with Crippen LogP contribution >= 0.6 is 15.9 Å². The molecule has 104 valence electrons. The van der Waals surface area contributed by atoms with Gasteiger partial charge in [-0.3, -0.25) is 4.79 Å². The molecule has 0 aromatic heterocycles. The van der Waals surface area contributed by atoms with Crippen molar-refractivity contribution in [3.8, 4) is 0 Å². The Morgan fingerprint density at radius 1 is 1.42 bits per heavy atom. The Kier molecular flexibility index (Phi) is 4.58. The van der Waals surface area contributed by atoms with E-state index in [0.29, 0.717) is 6.54 Å². The van der Waals surface area contributed by atoms with Crippen LogP contribution < -0.4 is 5.32 Å². The van der Waals surface area contributed by atoms with Crippen LogP contribution in [0, 0.1) is 11.2 Å². The molecule has 1 fully saturated rings. The molecule has 0 heterocycles. The number of carbonyl (C=O) groups is 1. The zero-order valence-electron chi connectivity index (χ0n) is 10.6. The maximum atomic E-state index is 13.8. The molecule has 1 aliphatic carbocycles. The van der Waals surface area contributed by atoms with E-state index in [1.54, 1.807) is 12.1 Å². The van der Waals surface area contributed by atoms with Gasteiger partial charge < -0.3 is 10.4 Å². The summed E-state index contributed by atoms with van der Waals surface area (Å²) in [5.74, 6) is -0.983. The maximum Gasteiger partial charge on any atom is 0.254 e. The largest absolute Gasteiger partial charge is 0.396 e. The molecule has 5 heteroatoms. The third-order valence-corrected chi connectivity index (χ3v) is 4.43. The number of aliphatic hydroxyl groups excluding tert-OH is 1. The van der Waals surface area contributed by atoms with Gasteiger partial charge in [-0.1, -0.05) is 18.9 Å². The van der Waals surface area contributed by atoms with Gasteiger partial charge in [0.15, 0.2) is 0 Å². The normalized spacial score (nSPS) is 17.4. The minimum Gasteiger partial charge on any atom is -0.396 e. The van der Waals surface area contributed by atoms with Gasteiger partial charge in [0.2, 0.25) is 0 Å². The first kappa shape index (κ1) is 14.5. The Morgan fingerprint density at radius 2 is 2.11 bits per heavy atom. The maximum absolute atomic E-state index is 13.8. The number of nitrogens with one attached hydrogen (secondary N) is 1. The molecule has 0 saturated heterocycles. The van der Waals surface area contributed by atoms with E-state index in [1.165, 1.54) is 6.07 Å². The zero-order valence-corrected chi connectivity index (χ0v) is 12.2. The minimum absolute atomic E-state index is 0.0282. The van der Waals surface area contributed by atoms with Crippen molar-refractivity contribution >= 4 is 21.8 Å². The Balaban J connectivity index is 2.03. The van der Waals surface area contributed by atoms with Crippen molar-refractivity contribution in [3.63, 3.8) is 0 Å². The molecule has 2 rings (SSSR count). The fraction of sp³-hybridized carbons (Fsp3) is 0.500. The van der Waals surface area contributed by atoms with Crippen LogP contribution in [0.2, 0.25) is 0 Å². The molecule has 3 nitrogen and oxygen atoms in total. The average molecular weight is 330 g/mol. The van der Waals surface area contributed by atoms with E-state index < -0.39 is 11.7 Å². The highest BCUT2D eigenvalue weighted by Crippen LogP contribution is 2.36. The van der Waals surface area contributed by atoms with Crippen molar-refractivity contribution in [3.05, 3.63) is 34.1 Å². The van der Waals surface area contributed by atoms with Gasteiger partial charge in [0.1, 0.15) is 5.82 Å². The molecule has 1 aliphatic rings. The van der Waals surface area contributed by atoms with Gasteiger partial charge in [0, 0.05) is 12.0 Å². The highest BCUT2D eigenvalue weighted by atomic mass is 79.9. The van der Waals surface area contributed by atoms with Gasteiger partial charge >= 0.3 is 0 Å². The van der Waals surface area contributed by atoms with Gasteiger partial charge in [-0.05, 0) is 40.9 Å². The molecular formula is C14H17BrFNO2. The van der Waals surface area contributed by atoms with E-state index in [1.807, 2.05) is 0 Å². The lowest BCUT2D eigenvalue weighted by Gasteiger charge is -2.26. The summed E-state index contributed by atoms with van der Waals surface area (Å²) in [5.41, 5.74) is -0.196. The lowest BCUT2D eigenvalue weighted by Crippen LogP contribution is -2.38. The number of halogens is 2. The quantitative estimate of drug-likeness (QED) is 0.892. The first-order valence-corrected chi connectivity index (χ1v) is 7.20. The fourth-order valence-corrected chi connectivity index (χ4v) is 2.92. The van der Waals surface area contributed by atoms with E-state index in [9.17, 15) is 14.3 Å². The van der Waals surface area contributed by atoms with E-state index in [0.717, 1.165) is 25.7 Å². The highest BCUT2D eigenvalue weighted by Gasteiger charge is 2.33. The van der Waals surface area contributed by atoms with Crippen LogP contribution in [0.15, 0.2) is 22.7 Å². The van der Waals surface area contributed by atoms with Crippen LogP contribution in [0.1, 0.15) is 36.0 Å². The summed E-state index contributed by atoms with van der Waals surface area (Å²) in [4.78, 5) is 12.0. The monoisotopic (exact) mass is 329 g/mol. The van der Waals surface area contributed by atoms with Crippen molar-refractivity contribution in [1.29, 1.82) is 0 Å². The standard InChI is InChI=1S/C14H17BrFNO2/c15-11-5-3-4-10(12(11)16)13(19)17-8-14(9-18)6-1-2-7-14/h3-5,18H,1-2,6-9H2,(H,17,19). The smallest absolute Gasteiger partial charge is 0.254 e. The van der Waals surface area contributed by atoms with Crippen LogP contribution in [0.5, 0.6) is 0 Å². The molecule has 2 N–H and O–H groups in total. The number of benzene rings is 1. The topological polar surface area (TPSA) is 49.3 Å². The predicted octanol–water partition coefficient (Wildman–Crippen LogP) is 2.87. The van der Waals surface area contributed by atoms with Gasteiger partial charge in [-0.2, -0.15) is 0 Å². The number of hydrogen-bond donors (Lipinski definition) is 2. The first-order chi connectivity index (χ1) is 9.08. The van der Waals surface area contributed by atoms with E-state index >= 15 is 0 Å². The van der Waals surface area contributed by atoms with E-state index in [4.69, 9.17) is 0 Å². The second kappa shape index (κ2) is 6.01. The minimum atomic E-state index is -0.551. The molecule has 19 heavy (non-hydrogen) atoms. The van der Waals surface area contributed by atoms with E-state index in [-0.39, 0.29) is 22.1 Å². The second-order valence-corrected chi connectivity index (χ2v) is 6.00. The Labute approximate surface area is 120 Å². The zero-order chi connectivity index (χ0) is 13.9. The van der Waals surface area contributed by atoms with Crippen LogP contribution in [-0.4, -0.2) is 24.2 Å².